The number of amides is 2. The summed E-state index contributed by atoms with van der Waals surface area (Å²) in [4.78, 5) is 25.0. The number of rotatable bonds is 6. The number of benzene rings is 3. The van der Waals surface area contributed by atoms with Crippen LogP contribution < -0.4 is 15.7 Å². The fourth-order valence-electron chi connectivity index (χ4n) is 3.52. The molecule has 2 amide bonds. The summed E-state index contributed by atoms with van der Waals surface area (Å²) in [6, 6.07) is 28.8. The molecular weight excluding hydrogens is 362 g/mol. The third-order valence-corrected chi connectivity index (χ3v) is 9.78. The normalized spacial score (nSPS) is 11.1. The molecule has 0 atom stereocenters. The van der Waals surface area contributed by atoms with Crippen LogP contribution in [0, 0.1) is 6.92 Å². The summed E-state index contributed by atoms with van der Waals surface area (Å²) in [7, 11) is -2.08. The molecule has 28 heavy (non-hydrogen) atoms. The van der Waals surface area contributed by atoms with Gasteiger partial charge < -0.3 is 0 Å². The van der Waals surface area contributed by atoms with Crippen LogP contribution in [0.4, 0.5) is 0 Å². The summed E-state index contributed by atoms with van der Waals surface area (Å²) in [5.41, 5.74) is 1.41. The maximum atomic E-state index is 12.5. The van der Waals surface area contributed by atoms with E-state index in [1.54, 1.807) is 12.1 Å². The first-order chi connectivity index (χ1) is 13.5. The molecule has 3 nitrogen and oxygen atoms in total. The predicted molar refractivity (Wildman–Crippen MR) is 117 cm³/mol. The van der Waals surface area contributed by atoms with E-state index in [1.165, 1.54) is 10.4 Å². The molecule has 1 N–H and O–H groups in total. The maximum Gasteiger partial charge on any atom is 0.258 e. The Bertz CT molecular complexity index is 915. The highest BCUT2D eigenvalue weighted by Crippen LogP contribution is 2.14. The zero-order valence-electron chi connectivity index (χ0n) is 16.3. The lowest BCUT2D eigenvalue weighted by atomic mass is 10.1. The smallest absolute Gasteiger partial charge is 0.258 e. The number of imide groups is 1. The van der Waals surface area contributed by atoms with E-state index < -0.39 is 8.07 Å². The van der Waals surface area contributed by atoms with E-state index in [1.807, 2.05) is 55.5 Å². The van der Waals surface area contributed by atoms with Gasteiger partial charge in [0.1, 0.15) is 8.07 Å². The Morgan fingerprint density at radius 3 is 1.82 bits per heavy atom. The van der Waals surface area contributed by atoms with Crippen molar-refractivity contribution in [2.24, 2.45) is 0 Å². The van der Waals surface area contributed by atoms with Crippen LogP contribution in [0.1, 0.15) is 22.3 Å². The Kier molecular flexibility index (Phi) is 6.22. The highest BCUT2D eigenvalue weighted by atomic mass is 28.3. The summed E-state index contributed by atoms with van der Waals surface area (Å²) in [5, 5.41) is 5.14. The largest absolute Gasteiger partial charge is 0.292 e. The molecule has 3 rings (SSSR count). The number of carbonyl (C=O) groups is 2. The van der Waals surface area contributed by atoms with Crippen molar-refractivity contribution in [3.63, 3.8) is 0 Å². The highest BCUT2D eigenvalue weighted by molar-refractivity contribution is 7.01. The molecule has 0 radical (unpaired) electrons. The molecule has 0 aliphatic rings. The van der Waals surface area contributed by atoms with E-state index in [9.17, 15) is 9.59 Å². The van der Waals surface area contributed by atoms with Crippen LogP contribution >= 0.6 is 0 Å². The van der Waals surface area contributed by atoms with Gasteiger partial charge in [0, 0.05) is 12.0 Å². The van der Waals surface area contributed by atoms with Crippen molar-refractivity contribution in [1.29, 1.82) is 0 Å². The second kappa shape index (κ2) is 8.80. The van der Waals surface area contributed by atoms with Crippen LogP contribution in [0.5, 0.6) is 0 Å². The Hall–Kier alpha value is -2.98. The van der Waals surface area contributed by atoms with Gasteiger partial charge in [-0.15, -0.1) is 0 Å². The topological polar surface area (TPSA) is 46.2 Å². The van der Waals surface area contributed by atoms with Gasteiger partial charge in [-0.25, -0.2) is 0 Å². The van der Waals surface area contributed by atoms with Crippen LogP contribution in [0.15, 0.2) is 84.9 Å². The Labute approximate surface area is 167 Å². The van der Waals surface area contributed by atoms with Crippen molar-refractivity contribution < 1.29 is 9.59 Å². The van der Waals surface area contributed by atoms with E-state index in [-0.39, 0.29) is 11.8 Å². The molecule has 0 spiro atoms. The third-order valence-electron chi connectivity index (χ3n) is 5.32. The number of aryl methyl sites for hydroxylation is 1. The van der Waals surface area contributed by atoms with Crippen molar-refractivity contribution in [2.45, 2.75) is 25.9 Å². The molecule has 0 unspecified atom stereocenters. The summed E-state index contributed by atoms with van der Waals surface area (Å²) in [5.74, 6) is -0.551. The molecular formula is C24H25NO2Si. The Morgan fingerprint density at radius 1 is 0.786 bits per heavy atom. The van der Waals surface area contributed by atoms with Crippen molar-refractivity contribution in [1.82, 2.24) is 5.32 Å². The van der Waals surface area contributed by atoms with Crippen LogP contribution in [-0.4, -0.2) is 19.9 Å². The first-order valence-corrected chi connectivity index (χ1v) is 12.2. The molecule has 0 aliphatic carbocycles. The van der Waals surface area contributed by atoms with Gasteiger partial charge in [0.05, 0.1) is 0 Å². The molecule has 4 heteroatoms. The first kappa shape index (κ1) is 19.8. The predicted octanol–water partition coefficient (Wildman–Crippen LogP) is 3.53. The quantitative estimate of drug-likeness (QED) is 0.658. The van der Waals surface area contributed by atoms with Crippen LogP contribution in [0.3, 0.4) is 0 Å². The first-order valence-electron chi connectivity index (χ1n) is 9.51. The van der Waals surface area contributed by atoms with Gasteiger partial charge in [0.2, 0.25) is 5.91 Å². The average molecular weight is 388 g/mol. The fourth-order valence-corrected chi connectivity index (χ4v) is 7.01. The minimum absolute atomic E-state index is 0.223. The zero-order valence-corrected chi connectivity index (χ0v) is 17.3. The summed E-state index contributed by atoms with van der Waals surface area (Å²) in [6.07, 6.45) is 0.324. The average Bonchev–Trinajstić information content (AvgIpc) is 2.73. The van der Waals surface area contributed by atoms with Crippen molar-refractivity contribution in [3.8, 4) is 0 Å². The van der Waals surface area contributed by atoms with Gasteiger partial charge in [-0.1, -0.05) is 95.8 Å². The lowest BCUT2D eigenvalue weighted by Gasteiger charge is -2.28. The lowest BCUT2D eigenvalue weighted by Crippen LogP contribution is -2.56. The van der Waals surface area contributed by atoms with E-state index in [2.05, 4.69) is 36.1 Å². The molecule has 3 aromatic carbocycles. The van der Waals surface area contributed by atoms with Crippen LogP contribution in [0.2, 0.25) is 12.6 Å². The minimum atomic E-state index is -2.08. The summed E-state index contributed by atoms with van der Waals surface area (Å²) < 4.78 is 0. The van der Waals surface area contributed by atoms with Gasteiger partial charge in [0.25, 0.3) is 5.91 Å². The molecule has 0 saturated heterocycles. The second-order valence-electron chi connectivity index (χ2n) is 7.26. The van der Waals surface area contributed by atoms with Gasteiger partial charge in [0.15, 0.2) is 0 Å². The molecule has 0 fully saturated rings. The highest BCUT2D eigenvalue weighted by Gasteiger charge is 2.32. The monoisotopic (exact) mass is 387 g/mol. The van der Waals surface area contributed by atoms with E-state index in [0.29, 0.717) is 12.0 Å². The number of carbonyl (C=O) groups excluding carboxylic acids is 2. The standard InChI is InChI=1S/C24H25NO2Si/c1-19-11-9-10-16-22(19)24(27)25-23(26)17-18-28(2,20-12-5-3-6-13-20)21-14-7-4-8-15-21/h3-16H,17-18H2,1-2H3,(H,25,26,27). The van der Waals surface area contributed by atoms with E-state index in [0.717, 1.165) is 11.6 Å². The Balaban J connectivity index is 1.75. The van der Waals surface area contributed by atoms with E-state index in [4.69, 9.17) is 0 Å². The van der Waals surface area contributed by atoms with Gasteiger partial charge in [-0.3, -0.25) is 14.9 Å². The van der Waals surface area contributed by atoms with Gasteiger partial charge in [-0.05, 0) is 24.6 Å². The zero-order chi connectivity index (χ0) is 20.0. The molecule has 3 aromatic rings. The Morgan fingerprint density at radius 2 is 1.29 bits per heavy atom. The molecule has 0 heterocycles. The van der Waals surface area contributed by atoms with Gasteiger partial charge >= 0.3 is 0 Å². The van der Waals surface area contributed by atoms with Crippen molar-refractivity contribution in [3.05, 3.63) is 96.1 Å². The van der Waals surface area contributed by atoms with Crippen molar-refractivity contribution >= 4 is 30.3 Å². The van der Waals surface area contributed by atoms with E-state index >= 15 is 0 Å². The molecule has 0 aromatic heterocycles. The minimum Gasteiger partial charge on any atom is -0.292 e. The maximum absolute atomic E-state index is 12.5. The second-order valence-corrected chi connectivity index (χ2v) is 11.6. The number of nitrogens with one attached hydrogen (secondary N) is 1. The number of hydrogen-bond acceptors (Lipinski definition) is 2. The van der Waals surface area contributed by atoms with Gasteiger partial charge in [-0.2, -0.15) is 0 Å². The molecule has 0 aliphatic heterocycles. The summed E-state index contributed by atoms with van der Waals surface area (Å²) >= 11 is 0. The van der Waals surface area contributed by atoms with Crippen molar-refractivity contribution in [2.75, 3.05) is 0 Å². The SMILES string of the molecule is Cc1ccccc1C(=O)NC(=O)CC[Si](C)(c1ccccc1)c1ccccc1. The number of hydrogen-bond donors (Lipinski definition) is 1. The molecule has 142 valence electrons. The fraction of sp³-hybridized carbons (Fsp3) is 0.167. The summed E-state index contributed by atoms with van der Waals surface area (Å²) in [6.45, 7) is 4.16. The lowest BCUT2D eigenvalue weighted by molar-refractivity contribution is -0.119. The van der Waals surface area contributed by atoms with Crippen LogP contribution in [-0.2, 0) is 4.79 Å². The molecule has 0 saturated carbocycles. The third kappa shape index (κ3) is 4.46. The van der Waals surface area contributed by atoms with Crippen LogP contribution in [0.25, 0.3) is 0 Å². The molecule has 0 bridgehead atoms.